The van der Waals surface area contributed by atoms with E-state index in [-0.39, 0.29) is 17.3 Å². The predicted molar refractivity (Wildman–Crippen MR) is 102 cm³/mol. The van der Waals surface area contributed by atoms with Gasteiger partial charge < -0.3 is 14.2 Å². The minimum atomic E-state index is -0.562. The van der Waals surface area contributed by atoms with Crippen LogP contribution in [0.4, 0.5) is 0 Å². The molecule has 0 radical (unpaired) electrons. The highest BCUT2D eigenvalue weighted by Crippen LogP contribution is 2.35. The van der Waals surface area contributed by atoms with Gasteiger partial charge >= 0.3 is 5.97 Å². The summed E-state index contributed by atoms with van der Waals surface area (Å²) in [7, 11) is 1.48. The molecule has 2 aromatic carbocycles. The average Bonchev–Trinajstić information content (AvgIpc) is 3.03. The number of methoxy groups -OCH3 is 1. The second kappa shape index (κ2) is 7.36. The fraction of sp³-hybridized carbons (Fsp3) is 0.0455. The number of Topliss-reactive ketones (excluding diaryl/α,β-unsaturated/α-hetero) is 1. The Labute approximate surface area is 161 Å². The first-order valence-electron chi connectivity index (χ1n) is 8.49. The van der Waals surface area contributed by atoms with E-state index in [0.717, 1.165) is 5.56 Å². The number of pyridine rings is 1. The maximum Gasteiger partial charge on any atom is 0.347 e. The summed E-state index contributed by atoms with van der Waals surface area (Å²) >= 11 is 0. The van der Waals surface area contributed by atoms with Gasteiger partial charge in [0.15, 0.2) is 5.76 Å². The molecule has 0 saturated heterocycles. The summed E-state index contributed by atoms with van der Waals surface area (Å²) in [5, 5.41) is 0. The Hall–Kier alpha value is -3.93. The molecule has 0 saturated carbocycles. The third kappa shape index (κ3) is 3.35. The zero-order valence-corrected chi connectivity index (χ0v) is 14.9. The van der Waals surface area contributed by atoms with Crippen LogP contribution in [-0.2, 0) is 0 Å². The van der Waals surface area contributed by atoms with E-state index >= 15 is 0 Å². The zero-order valence-electron chi connectivity index (χ0n) is 14.9. The van der Waals surface area contributed by atoms with Crippen LogP contribution in [0.5, 0.6) is 17.2 Å². The number of benzene rings is 2. The van der Waals surface area contributed by atoms with Crippen LogP contribution in [0, 0.1) is 0 Å². The monoisotopic (exact) mass is 373 g/mol. The maximum absolute atomic E-state index is 12.5. The minimum absolute atomic E-state index is 0.191. The van der Waals surface area contributed by atoms with Gasteiger partial charge in [-0.25, -0.2) is 4.79 Å². The highest BCUT2D eigenvalue weighted by molar-refractivity contribution is 6.14. The van der Waals surface area contributed by atoms with E-state index in [4.69, 9.17) is 14.2 Å². The molecule has 0 unspecified atom stereocenters. The standard InChI is InChI=1S/C22H15NO5/c1-26-18-7-3-2-6-17(18)22(25)27-15-8-9-16-19(12-15)28-20(21(16)24)11-14-5-4-10-23-13-14/h2-13H,1H3. The molecule has 3 aromatic rings. The van der Waals surface area contributed by atoms with Crippen LogP contribution in [0.2, 0.25) is 0 Å². The van der Waals surface area contributed by atoms with E-state index in [1.807, 2.05) is 6.07 Å². The molecule has 0 spiro atoms. The number of aromatic nitrogens is 1. The van der Waals surface area contributed by atoms with Crippen molar-refractivity contribution in [3.05, 3.63) is 89.4 Å². The van der Waals surface area contributed by atoms with Crippen molar-refractivity contribution in [1.29, 1.82) is 0 Å². The number of carbonyl (C=O) groups excluding carboxylic acids is 2. The molecule has 138 valence electrons. The summed E-state index contributed by atoms with van der Waals surface area (Å²) in [6.07, 6.45) is 4.90. The average molecular weight is 373 g/mol. The quantitative estimate of drug-likeness (QED) is 0.392. The van der Waals surface area contributed by atoms with Gasteiger partial charge in [-0.05, 0) is 42.0 Å². The number of hydrogen-bond donors (Lipinski definition) is 0. The number of allylic oxidation sites excluding steroid dienone is 1. The van der Waals surface area contributed by atoms with Gasteiger partial charge in [0.25, 0.3) is 0 Å². The predicted octanol–water partition coefficient (Wildman–Crippen LogP) is 3.93. The van der Waals surface area contributed by atoms with E-state index in [1.54, 1.807) is 60.9 Å². The fourth-order valence-electron chi connectivity index (χ4n) is 2.82. The first kappa shape index (κ1) is 17.5. The van der Waals surface area contributed by atoms with Crippen LogP contribution in [0.1, 0.15) is 26.3 Å². The van der Waals surface area contributed by atoms with Gasteiger partial charge in [-0.1, -0.05) is 18.2 Å². The largest absolute Gasteiger partial charge is 0.496 e. The Bertz CT molecular complexity index is 1090. The third-order valence-corrected chi connectivity index (χ3v) is 4.16. The van der Waals surface area contributed by atoms with Gasteiger partial charge in [-0.3, -0.25) is 9.78 Å². The van der Waals surface area contributed by atoms with Gasteiger partial charge in [0, 0.05) is 18.5 Å². The summed E-state index contributed by atoms with van der Waals surface area (Å²) in [6, 6.07) is 15.0. The molecule has 28 heavy (non-hydrogen) atoms. The molecular formula is C22H15NO5. The SMILES string of the molecule is COc1ccccc1C(=O)Oc1ccc2c(c1)OC(=Cc1cccnc1)C2=O. The van der Waals surface area contributed by atoms with Crippen LogP contribution >= 0.6 is 0 Å². The highest BCUT2D eigenvalue weighted by Gasteiger charge is 2.28. The van der Waals surface area contributed by atoms with Crippen molar-refractivity contribution in [2.75, 3.05) is 7.11 Å². The molecule has 1 aromatic heterocycles. The van der Waals surface area contributed by atoms with Crippen molar-refractivity contribution < 1.29 is 23.8 Å². The molecule has 0 bridgehead atoms. The van der Waals surface area contributed by atoms with E-state index < -0.39 is 5.97 Å². The first-order valence-corrected chi connectivity index (χ1v) is 8.49. The molecule has 1 aliphatic rings. The molecule has 0 amide bonds. The normalized spacial score (nSPS) is 13.8. The van der Waals surface area contributed by atoms with E-state index in [1.165, 1.54) is 13.2 Å². The summed E-state index contributed by atoms with van der Waals surface area (Å²) < 4.78 is 16.3. The Balaban J connectivity index is 1.57. The highest BCUT2D eigenvalue weighted by atomic mass is 16.5. The van der Waals surface area contributed by atoms with Crippen LogP contribution < -0.4 is 14.2 Å². The van der Waals surface area contributed by atoms with Crippen molar-refractivity contribution in [3.8, 4) is 17.2 Å². The van der Waals surface area contributed by atoms with E-state index in [2.05, 4.69) is 4.98 Å². The van der Waals surface area contributed by atoms with Crippen molar-refractivity contribution in [2.24, 2.45) is 0 Å². The summed E-state index contributed by atoms with van der Waals surface area (Å²) in [6.45, 7) is 0. The molecule has 1 aliphatic heterocycles. The number of ether oxygens (including phenoxy) is 3. The number of para-hydroxylation sites is 1. The summed E-state index contributed by atoms with van der Waals surface area (Å²) in [5.41, 5.74) is 1.47. The summed E-state index contributed by atoms with van der Waals surface area (Å²) in [4.78, 5) is 28.9. The fourth-order valence-corrected chi connectivity index (χ4v) is 2.82. The maximum atomic E-state index is 12.5. The van der Waals surface area contributed by atoms with Crippen LogP contribution in [0.25, 0.3) is 6.08 Å². The summed E-state index contributed by atoms with van der Waals surface area (Å²) in [5.74, 6) is 0.419. The lowest BCUT2D eigenvalue weighted by Gasteiger charge is -2.08. The Kier molecular flexibility index (Phi) is 4.60. The number of fused-ring (bicyclic) bond motifs is 1. The number of ketones is 1. The van der Waals surface area contributed by atoms with Crippen LogP contribution in [0.15, 0.2) is 72.8 Å². The number of rotatable bonds is 4. The third-order valence-electron chi connectivity index (χ3n) is 4.16. The Morgan fingerprint density at radius 3 is 2.75 bits per heavy atom. The molecule has 6 heteroatoms. The molecule has 6 nitrogen and oxygen atoms in total. The van der Waals surface area contributed by atoms with E-state index in [0.29, 0.717) is 22.6 Å². The number of hydrogen-bond acceptors (Lipinski definition) is 6. The van der Waals surface area contributed by atoms with Gasteiger partial charge in [0.2, 0.25) is 5.78 Å². The number of carbonyl (C=O) groups is 2. The van der Waals surface area contributed by atoms with Gasteiger partial charge in [0.05, 0.1) is 12.7 Å². The second-order valence-electron chi connectivity index (χ2n) is 5.97. The second-order valence-corrected chi connectivity index (χ2v) is 5.97. The number of esters is 1. The Morgan fingerprint density at radius 2 is 1.96 bits per heavy atom. The van der Waals surface area contributed by atoms with Crippen molar-refractivity contribution >= 4 is 17.8 Å². The smallest absolute Gasteiger partial charge is 0.347 e. The van der Waals surface area contributed by atoms with Crippen LogP contribution in [0.3, 0.4) is 0 Å². The van der Waals surface area contributed by atoms with Crippen molar-refractivity contribution in [1.82, 2.24) is 4.98 Å². The molecule has 0 fully saturated rings. The lowest BCUT2D eigenvalue weighted by Crippen LogP contribution is -2.10. The van der Waals surface area contributed by atoms with Gasteiger partial charge in [-0.15, -0.1) is 0 Å². The molecule has 0 N–H and O–H groups in total. The first-order chi connectivity index (χ1) is 13.7. The minimum Gasteiger partial charge on any atom is -0.496 e. The molecule has 4 rings (SSSR count). The zero-order chi connectivity index (χ0) is 19.5. The van der Waals surface area contributed by atoms with Crippen molar-refractivity contribution in [2.45, 2.75) is 0 Å². The van der Waals surface area contributed by atoms with Crippen molar-refractivity contribution in [3.63, 3.8) is 0 Å². The lowest BCUT2D eigenvalue weighted by molar-refractivity contribution is 0.0731. The molecule has 0 atom stereocenters. The van der Waals surface area contributed by atoms with Gasteiger partial charge in [0.1, 0.15) is 22.8 Å². The van der Waals surface area contributed by atoms with E-state index in [9.17, 15) is 9.59 Å². The topological polar surface area (TPSA) is 74.7 Å². The Morgan fingerprint density at radius 1 is 1.11 bits per heavy atom. The van der Waals surface area contributed by atoms with Gasteiger partial charge in [-0.2, -0.15) is 0 Å². The molecular weight excluding hydrogens is 358 g/mol. The number of nitrogens with zero attached hydrogens (tertiary/aromatic N) is 1. The molecule has 2 heterocycles. The molecule has 0 aliphatic carbocycles. The lowest BCUT2D eigenvalue weighted by atomic mass is 10.1. The van der Waals surface area contributed by atoms with Crippen LogP contribution in [-0.4, -0.2) is 23.8 Å².